The Kier molecular flexibility index (Phi) is 3.78. The Morgan fingerprint density at radius 3 is 2.56 bits per heavy atom. The number of nitrogens with zero attached hydrogens (tertiary/aromatic N) is 2. The molecule has 4 aliphatic rings. The highest BCUT2D eigenvalue weighted by molar-refractivity contribution is 6.20. The van der Waals surface area contributed by atoms with Crippen molar-refractivity contribution in [2.24, 2.45) is 5.41 Å². The molecule has 3 fully saturated rings. The smallest absolute Gasteiger partial charge is 0.331 e. The predicted molar refractivity (Wildman–Crippen MR) is 100 cm³/mol. The molecule has 2 atom stereocenters. The van der Waals surface area contributed by atoms with Gasteiger partial charge in [-0.25, -0.2) is 4.79 Å². The Balaban J connectivity index is 1.60. The Bertz CT molecular complexity index is 817. The molecule has 27 heavy (non-hydrogen) atoms. The van der Waals surface area contributed by atoms with Crippen LogP contribution in [0.2, 0.25) is 0 Å². The highest BCUT2D eigenvalue weighted by Gasteiger charge is 2.63. The molecule has 1 N–H and O–H groups in total. The SMILES string of the molecule is O=C1NC(=O)[C@@]2(Cc3ccccc3N3CCC[C@H]32)C(=O)N1C1CCCCC1. The summed E-state index contributed by atoms with van der Waals surface area (Å²) in [5.74, 6) is -0.675. The van der Waals surface area contributed by atoms with Gasteiger partial charge in [0.05, 0.1) is 6.04 Å². The standard InChI is InChI=1S/C21H25N3O3/c25-18-21(19(26)24(20(27)22-18)15-8-2-1-3-9-15)13-14-7-4-5-10-16(14)23-12-6-11-17(21)23/h4-5,7,10,15,17H,1-3,6,8-9,11-13H2,(H,22,25,27)/t17-,21-/m0/s1. The highest BCUT2D eigenvalue weighted by atomic mass is 16.2. The van der Waals surface area contributed by atoms with E-state index in [0.717, 1.165) is 62.7 Å². The van der Waals surface area contributed by atoms with Gasteiger partial charge in [0.2, 0.25) is 11.8 Å². The quantitative estimate of drug-likeness (QED) is 0.775. The zero-order valence-electron chi connectivity index (χ0n) is 15.4. The van der Waals surface area contributed by atoms with Gasteiger partial charge in [0.25, 0.3) is 0 Å². The Labute approximate surface area is 158 Å². The monoisotopic (exact) mass is 367 g/mol. The lowest BCUT2D eigenvalue weighted by Gasteiger charge is -2.51. The number of carbonyl (C=O) groups excluding carboxylic acids is 3. The summed E-state index contributed by atoms with van der Waals surface area (Å²) in [5.41, 5.74) is 0.973. The van der Waals surface area contributed by atoms with Crippen molar-refractivity contribution in [2.45, 2.75) is 63.5 Å². The lowest BCUT2D eigenvalue weighted by molar-refractivity contribution is -0.155. The molecule has 3 heterocycles. The number of carbonyl (C=O) groups is 3. The molecular formula is C21H25N3O3. The largest absolute Gasteiger partial charge is 0.367 e. The second-order valence-corrected chi connectivity index (χ2v) is 8.35. The van der Waals surface area contributed by atoms with Crippen LogP contribution in [0.5, 0.6) is 0 Å². The number of hydrogen-bond acceptors (Lipinski definition) is 4. The number of amides is 4. The molecule has 1 saturated carbocycles. The molecule has 1 spiro atoms. The predicted octanol–water partition coefficient (Wildman–Crippen LogP) is 2.61. The lowest BCUT2D eigenvalue weighted by Crippen LogP contribution is -2.72. The minimum absolute atomic E-state index is 0.0803. The maximum absolute atomic E-state index is 13.8. The van der Waals surface area contributed by atoms with E-state index in [9.17, 15) is 14.4 Å². The summed E-state index contributed by atoms with van der Waals surface area (Å²) in [6, 6.07) is 7.28. The van der Waals surface area contributed by atoms with Crippen molar-refractivity contribution in [3.63, 3.8) is 0 Å². The number of barbiturate groups is 1. The van der Waals surface area contributed by atoms with Crippen LogP contribution in [-0.2, 0) is 16.0 Å². The Morgan fingerprint density at radius 1 is 0.963 bits per heavy atom. The van der Waals surface area contributed by atoms with Crippen molar-refractivity contribution in [2.75, 3.05) is 11.4 Å². The highest BCUT2D eigenvalue weighted by Crippen LogP contribution is 2.48. The van der Waals surface area contributed by atoms with Crippen molar-refractivity contribution in [1.29, 1.82) is 0 Å². The third-order valence-corrected chi connectivity index (χ3v) is 6.98. The summed E-state index contributed by atoms with van der Waals surface area (Å²) in [7, 11) is 0. The van der Waals surface area contributed by atoms with Crippen LogP contribution < -0.4 is 10.2 Å². The molecule has 4 amide bonds. The van der Waals surface area contributed by atoms with Gasteiger partial charge in [-0.15, -0.1) is 0 Å². The van der Waals surface area contributed by atoms with Gasteiger partial charge in [0.15, 0.2) is 5.41 Å². The second-order valence-electron chi connectivity index (χ2n) is 8.35. The fraction of sp³-hybridized carbons (Fsp3) is 0.571. The van der Waals surface area contributed by atoms with E-state index < -0.39 is 17.4 Å². The fourth-order valence-electron chi connectivity index (χ4n) is 5.72. The lowest BCUT2D eigenvalue weighted by atomic mass is 9.68. The number of hydrogen-bond donors (Lipinski definition) is 1. The van der Waals surface area contributed by atoms with Crippen LogP contribution in [0.25, 0.3) is 0 Å². The molecule has 6 heteroatoms. The average Bonchev–Trinajstić information content (AvgIpc) is 3.18. The van der Waals surface area contributed by atoms with E-state index in [2.05, 4.69) is 16.3 Å². The van der Waals surface area contributed by atoms with E-state index in [4.69, 9.17) is 0 Å². The molecule has 3 aliphatic heterocycles. The van der Waals surface area contributed by atoms with Crippen LogP contribution in [0, 0.1) is 5.41 Å². The van der Waals surface area contributed by atoms with Crippen molar-refractivity contribution < 1.29 is 14.4 Å². The molecular weight excluding hydrogens is 342 g/mol. The Morgan fingerprint density at radius 2 is 1.74 bits per heavy atom. The van der Waals surface area contributed by atoms with Gasteiger partial charge in [-0.05, 0) is 43.7 Å². The number of rotatable bonds is 1. The summed E-state index contributed by atoms with van der Waals surface area (Å²) < 4.78 is 0. The third-order valence-electron chi connectivity index (χ3n) is 6.98. The number of anilines is 1. The zero-order valence-corrected chi connectivity index (χ0v) is 15.4. The topological polar surface area (TPSA) is 69.7 Å². The first-order valence-corrected chi connectivity index (χ1v) is 10.2. The number of para-hydroxylation sites is 1. The minimum atomic E-state index is -1.18. The number of nitrogens with one attached hydrogen (secondary N) is 1. The molecule has 1 aromatic rings. The summed E-state index contributed by atoms with van der Waals surface area (Å²) in [6.07, 6.45) is 7.03. The van der Waals surface area contributed by atoms with Crippen LogP contribution in [0.1, 0.15) is 50.5 Å². The van der Waals surface area contributed by atoms with E-state index in [1.165, 1.54) is 4.90 Å². The van der Waals surface area contributed by atoms with Crippen LogP contribution in [-0.4, -0.2) is 41.4 Å². The minimum Gasteiger partial charge on any atom is -0.367 e. The molecule has 142 valence electrons. The summed E-state index contributed by atoms with van der Waals surface area (Å²) in [4.78, 5) is 43.2. The number of imide groups is 2. The van der Waals surface area contributed by atoms with Gasteiger partial charge in [-0.1, -0.05) is 37.5 Å². The van der Waals surface area contributed by atoms with Crippen LogP contribution in [0.4, 0.5) is 10.5 Å². The number of urea groups is 1. The zero-order chi connectivity index (χ0) is 18.6. The molecule has 0 radical (unpaired) electrons. The van der Waals surface area contributed by atoms with Crippen LogP contribution in [0.3, 0.4) is 0 Å². The first-order valence-electron chi connectivity index (χ1n) is 10.2. The Hall–Kier alpha value is -2.37. The third kappa shape index (κ3) is 2.28. The van der Waals surface area contributed by atoms with Gasteiger partial charge < -0.3 is 4.90 Å². The van der Waals surface area contributed by atoms with E-state index in [1.807, 2.05) is 18.2 Å². The van der Waals surface area contributed by atoms with Gasteiger partial charge in [-0.3, -0.25) is 19.8 Å². The van der Waals surface area contributed by atoms with Gasteiger partial charge in [-0.2, -0.15) is 0 Å². The summed E-state index contributed by atoms with van der Waals surface area (Å²) in [5, 5.41) is 2.56. The molecule has 1 aliphatic carbocycles. The first kappa shape index (κ1) is 16.8. The van der Waals surface area contributed by atoms with Crippen molar-refractivity contribution in [1.82, 2.24) is 10.2 Å². The number of benzene rings is 1. The number of fused-ring (bicyclic) bond motifs is 4. The van der Waals surface area contributed by atoms with Gasteiger partial charge in [0.1, 0.15) is 0 Å². The van der Waals surface area contributed by atoms with E-state index in [-0.39, 0.29) is 18.0 Å². The van der Waals surface area contributed by atoms with Crippen molar-refractivity contribution in [3.05, 3.63) is 29.8 Å². The van der Waals surface area contributed by atoms with Gasteiger partial charge >= 0.3 is 6.03 Å². The van der Waals surface area contributed by atoms with E-state index in [1.54, 1.807) is 0 Å². The maximum atomic E-state index is 13.8. The van der Waals surface area contributed by atoms with E-state index in [0.29, 0.717) is 6.42 Å². The van der Waals surface area contributed by atoms with E-state index >= 15 is 0 Å². The summed E-state index contributed by atoms with van der Waals surface area (Å²) in [6.45, 7) is 0.849. The molecule has 0 bridgehead atoms. The van der Waals surface area contributed by atoms with Crippen LogP contribution in [0.15, 0.2) is 24.3 Å². The normalized spacial score (nSPS) is 31.1. The van der Waals surface area contributed by atoms with Gasteiger partial charge in [0, 0.05) is 18.3 Å². The van der Waals surface area contributed by atoms with Crippen molar-refractivity contribution in [3.8, 4) is 0 Å². The fourth-order valence-corrected chi connectivity index (χ4v) is 5.72. The van der Waals surface area contributed by atoms with Crippen LogP contribution >= 0.6 is 0 Å². The van der Waals surface area contributed by atoms with Crippen molar-refractivity contribution >= 4 is 23.5 Å². The second kappa shape index (κ2) is 6.08. The average molecular weight is 367 g/mol. The molecule has 0 aromatic heterocycles. The molecule has 2 saturated heterocycles. The molecule has 1 aromatic carbocycles. The summed E-state index contributed by atoms with van der Waals surface area (Å²) >= 11 is 0. The molecule has 0 unspecified atom stereocenters. The first-order chi connectivity index (χ1) is 13.1. The molecule has 6 nitrogen and oxygen atoms in total. The maximum Gasteiger partial charge on any atom is 0.331 e. The molecule has 5 rings (SSSR count).